The highest BCUT2D eigenvalue weighted by Gasteiger charge is 2.29. The minimum atomic E-state index is -0.129. The van der Waals surface area contributed by atoms with Gasteiger partial charge in [-0.3, -0.25) is 4.90 Å². The topological polar surface area (TPSA) is 71.9 Å². The van der Waals surface area contributed by atoms with E-state index in [-0.39, 0.29) is 11.8 Å². The SMILES string of the molecule is CN1CCN(c2cc(O)c(-c3cc(-c4ccccc4)cc(-c4ccnc(N5CCNCC5)c4)c3)cc2Cl)C1=O. The van der Waals surface area contributed by atoms with Crippen molar-refractivity contribution in [3.05, 3.63) is 84.0 Å². The quantitative estimate of drug-likeness (QED) is 0.339. The van der Waals surface area contributed by atoms with Gasteiger partial charge in [0.05, 0.1) is 10.7 Å². The van der Waals surface area contributed by atoms with Gasteiger partial charge in [0.25, 0.3) is 0 Å². The fraction of sp³-hybridized carbons (Fsp3) is 0.226. The molecule has 2 amide bonds. The number of benzene rings is 3. The van der Waals surface area contributed by atoms with E-state index < -0.39 is 0 Å². The summed E-state index contributed by atoms with van der Waals surface area (Å²) in [6, 6.07) is 23.9. The van der Waals surface area contributed by atoms with Gasteiger partial charge in [-0.2, -0.15) is 0 Å². The van der Waals surface area contributed by atoms with Crippen LogP contribution in [-0.4, -0.2) is 67.3 Å². The van der Waals surface area contributed by atoms with Gasteiger partial charge in [0.15, 0.2) is 0 Å². The molecule has 0 radical (unpaired) electrons. The molecule has 7 nitrogen and oxygen atoms in total. The summed E-state index contributed by atoms with van der Waals surface area (Å²) in [6.07, 6.45) is 1.86. The minimum absolute atomic E-state index is 0.0733. The molecular formula is C31H30ClN5O2. The number of amides is 2. The van der Waals surface area contributed by atoms with Gasteiger partial charge in [-0.05, 0) is 64.2 Å². The number of aromatic hydroxyl groups is 1. The van der Waals surface area contributed by atoms with Gasteiger partial charge in [0.2, 0.25) is 0 Å². The maximum absolute atomic E-state index is 12.6. The Morgan fingerprint density at radius 3 is 2.26 bits per heavy atom. The Kier molecular flexibility index (Phi) is 6.85. The summed E-state index contributed by atoms with van der Waals surface area (Å²) in [5.74, 6) is 1.03. The van der Waals surface area contributed by atoms with Crippen molar-refractivity contribution < 1.29 is 9.90 Å². The van der Waals surface area contributed by atoms with Crippen LogP contribution in [-0.2, 0) is 0 Å². The van der Waals surface area contributed by atoms with Crippen molar-refractivity contribution in [3.63, 3.8) is 0 Å². The molecule has 2 saturated heterocycles. The van der Waals surface area contributed by atoms with Crippen LogP contribution in [0.25, 0.3) is 33.4 Å². The number of piperazine rings is 1. The number of nitrogens with one attached hydrogen (secondary N) is 1. The lowest BCUT2D eigenvalue weighted by molar-refractivity contribution is 0.229. The molecule has 0 aliphatic carbocycles. The molecule has 6 rings (SSSR count). The van der Waals surface area contributed by atoms with E-state index in [0.29, 0.717) is 29.4 Å². The van der Waals surface area contributed by atoms with Crippen molar-refractivity contribution in [1.82, 2.24) is 15.2 Å². The van der Waals surface area contributed by atoms with Gasteiger partial charge in [0, 0.05) is 64.1 Å². The third-order valence-corrected chi connectivity index (χ3v) is 7.75. The molecule has 8 heteroatoms. The maximum atomic E-state index is 12.6. The van der Waals surface area contributed by atoms with E-state index >= 15 is 0 Å². The number of hydrogen-bond acceptors (Lipinski definition) is 5. The largest absolute Gasteiger partial charge is 0.507 e. The summed E-state index contributed by atoms with van der Waals surface area (Å²) in [5.41, 5.74) is 6.12. The fourth-order valence-corrected chi connectivity index (χ4v) is 5.54. The Balaban J connectivity index is 1.45. The van der Waals surface area contributed by atoms with Crippen LogP contribution >= 0.6 is 11.6 Å². The number of pyridine rings is 1. The van der Waals surface area contributed by atoms with Crippen LogP contribution in [0.4, 0.5) is 16.3 Å². The van der Waals surface area contributed by atoms with Crippen molar-refractivity contribution in [3.8, 4) is 39.1 Å². The number of hydrogen-bond donors (Lipinski definition) is 2. The molecule has 0 bridgehead atoms. The van der Waals surface area contributed by atoms with Crippen molar-refractivity contribution in [2.45, 2.75) is 0 Å². The van der Waals surface area contributed by atoms with E-state index in [1.54, 1.807) is 29.0 Å². The van der Waals surface area contributed by atoms with Gasteiger partial charge in [-0.25, -0.2) is 9.78 Å². The van der Waals surface area contributed by atoms with Crippen molar-refractivity contribution >= 4 is 29.1 Å². The van der Waals surface area contributed by atoms with Crippen LogP contribution in [0.2, 0.25) is 5.02 Å². The predicted molar refractivity (Wildman–Crippen MR) is 158 cm³/mol. The average Bonchev–Trinajstić information content (AvgIpc) is 3.32. The van der Waals surface area contributed by atoms with E-state index in [9.17, 15) is 9.90 Å². The molecule has 1 aromatic heterocycles. The van der Waals surface area contributed by atoms with Crippen molar-refractivity contribution in [2.24, 2.45) is 0 Å². The molecule has 39 heavy (non-hydrogen) atoms. The first-order chi connectivity index (χ1) is 19.0. The second-order valence-electron chi connectivity index (χ2n) is 9.98. The van der Waals surface area contributed by atoms with Gasteiger partial charge in [-0.1, -0.05) is 41.9 Å². The van der Waals surface area contributed by atoms with Crippen LogP contribution in [0.15, 0.2) is 79.0 Å². The van der Waals surface area contributed by atoms with Gasteiger partial charge in [-0.15, -0.1) is 0 Å². The van der Waals surface area contributed by atoms with Gasteiger partial charge < -0.3 is 20.2 Å². The number of rotatable bonds is 5. The summed E-state index contributed by atoms with van der Waals surface area (Å²) < 4.78 is 0. The number of phenols is 1. The zero-order valence-corrected chi connectivity index (χ0v) is 22.5. The summed E-state index contributed by atoms with van der Waals surface area (Å²) in [6.45, 7) is 4.85. The number of aromatic nitrogens is 1. The summed E-state index contributed by atoms with van der Waals surface area (Å²) >= 11 is 6.72. The van der Waals surface area contributed by atoms with Crippen LogP contribution in [0.5, 0.6) is 5.75 Å². The third kappa shape index (κ3) is 5.03. The Morgan fingerprint density at radius 1 is 0.821 bits per heavy atom. The molecule has 2 aliphatic heterocycles. The predicted octanol–water partition coefficient (Wildman–Crippen LogP) is 5.72. The van der Waals surface area contributed by atoms with Crippen LogP contribution < -0.4 is 15.1 Å². The van der Waals surface area contributed by atoms with Crippen LogP contribution in [0, 0.1) is 0 Å². The molecule has 2 aliphatic rings. The second kappa shape index (κ2) is 10.6. The van der Waals surface area contributed by atoms with E-state index in [2.05, 4.69) is 51.6 Å². The monoisotopic (exact) mass is 539 g/mol. The number of carbonyl (C=O) groups excluding carboxylic acids is 1. The lowest BCUT2D eigenvalue weighted by atomic mass is 9.93. The van der Waals surface area contributed by atoms with Crippen molar-refractivity contribution in [1.29, 1.82) is 0 Å². The molecular weight excluding hydrogens is 510 g/mol. The zero-order valence-electron chi connectivity index (χ0n) is 21.8. The fourth-order valence-electron chi connectivity index (χ4n) is 5.27. The van der Waals surface area contributed by atoms with E-state index in [1.807, 2.05) is 30.5 Å². The van der Waals surface area contributed by atoms with E-state index in [4.69, 9.17) is 11.6 Å². The lowest BCUT2D eigenvalue weighted by Gasteiger charge is -2.28. The number of carbonyl (C=O) groups is 1. The first-order valence-electron chi connectivity index (χ1n) is 13.2. The third-order valence-electron chi connectivity index (χ3n) is 7.44. The normalized spacial score (nSPS) is 15.7. The molecule has 0 spiro atoms. The molecule has 4 aromatic rings. The molecule has 0 atom stereocenters. The van der Waals surface area contributed by atoms with E-state index in [1.165, 1.54) is 0 Å². The molecule has 198 valence electrons. The van der Waals surface area contributed by atoms with Crippen molar-refractivity contribution in [2.75, 3.05) is 56.1 Å². The Morgan fingerprint density at radius 2 is 1.54 bits per heavy atom. The van der Waals surface area contributed by atoms with E-state index in [0.717, 1.165) is 59.8 Å². The number of urea groups is 1. The molecule has 3 aromatic carbocycles. The van der Waals surface area contributed by atoms with Crippen LogP contribution in [0.1, 0.15) is 0 Å². The zero-order chi connectivity index (χ0) is 26.9. The number of halogens is 1. The summed E-state index contributed by atoms with van der Waals surface area (Å²) in [4.78, 5) is 22.7. The summed E-state index contributed by atoms with van der Waals surface area (Å²) in [5, 5.41) is 15.0. The highest BCUT2D eigenvalue weighted by Crippen LogP contribution is 2.42. The molecule has 0 saturated carbocycles. The molecule has 2 N–H and O–H groups in total. The molecule has 3 heterocycles. The van der Waals surface area contributed by atoms with Crippen LogP contribution in [0.3, 0.4) is 0 Å². The summed E-state index contributed by atoms with van der Waals surface area (Å²) in [7, 11) is 1.76. The maximum Gasteiger partial charge on any atom is 0.324 e. The minimum Gasteiger partial charge on any atom is -0.507 e. The Labute approximate surface area is 233 Å². The Bertz CT molecular complexity index is 1520. The number of nitrogens with zero attached hydrogens (tertiary/aromatic N) is 4. The van der Waals surface area contributed by atoms with Gasteiger partial charge in [0.1, 0.15) is 11.6 Å². The molecule has 2 fully saturated rings. The second-order valence-corrected chi connectivity index (χ2v) is 10.4. The number of anilines is 2. The standard InChI is InChI=1S/C31H30ClN5O2/c1-35-13-14-37(31(35)39)28-20-29(38)26(19-27(28)32)25-16-23(21-5-3-2-4-6-21)15-24(17-25)22-7-8-34-30(18-22)36-11-9-33-10-12-36/h2-8,15-20,33,38H,9-14H2,1H3. The lowest BCUT2D eigenvalue weighted by Crippen LogP contribution is -2.43. The molecule has 0 unspecified atom stereocenters. The smallest absolute Gasteiger partial charge is 0.324 e. The number of likely N-dealkylation sites (N-methyl/N-ethyl adjacent to an activating group) is 1. The number of phenolic OH excluding ortho intramolecular Hbond substituents is 1. The highest BCUT2D eigenvalue weighted by molar-refractivity contribution is 6.34. The average molecular weight is 540 g/mol. The Hall–Kier alpha value is -4.07. The first-order valence-corrected chi connectivity index (χ1v) is 13.5. The van der Waals surface area contributed by atoms with Gasteiger partial charge >= 0.3 is 6.03 Å². The highest BCUT2D eigenvalue weighted by atomic mass is 35.5. The first kappa shape index (κ1) is 25.2.